The number of nitrogens with one attached hydrogen (secondary N) is 1. The van der Waals surface area contributed by atoms with E-state index in [1.165, 1.54) is 0 Å². The van der Waals surface area contributed by atoms with E-state index >= 15 is 0 Å². The van der Waals surface area contributed by atoms with Crippen molar-refractivity contribution in [1.82, 2.24) is 9.71 Å². The molecule has 0 atom stereocenters. The van der Waals surface area contributed by atoms with Crippen molar-refractivity contribution in [3.8, 4) is 0 Å². The second-order valence-electron chi connectivity index (χ2n) is 4.77. The Morgan fingerprint density at radius 2 is 1.95 bits per heavy atom. The Morgan fingerprint density at radius 3 is 2.68 bits per heavy atom. The molecule has 0 saturated heterocycles. The molecule has 1 aromatic heterocycles. The molecule has 0 bridgehead atoms. The third-order valence-electron chi connectivity index (χ3n) is 3.32. The second kappa shape index (κ2) is 4.56. The van der Waals surface area contributed by atoms with Crippen molar-refractivity contribution in [1.29, 1.82) is 0 Å². The van der Waals surface area contributed by atoms with Crippen molar-refractivity contribution in [2.75, 3.05) is 0 Å². The fourth-order valence-corrected chi connectivity index (χ4v) is 3.70. The molecule has 0 amide bonds. The van der Waals surface area contributed by atoms with Crippen molar-refractivity contribution in [2.24, 2.45) is 0 Å². The molecule has 1 saturated carbocycles. The van der Waals surface area contributed by atoms with Gasteiger partial charge in [0.15, 0.2) is 0 Å². The van der Waals surface area contributed by atoms with Crippen LogP contribution in [0.5, 0.6) is 0 Å². The molecule has 1 aliphatic carbocycles. The van der Waals surface area contributed by atoms with Gasteiger partial charge in [-0.3, -0.25) is 4.98 Å². The topological polar surface area (TPSA) is 79.3 Å². The van der Waals surface area contributed by atoms with Crippen LogP contribution in [-0.4, -0.2) is 30.7 Å². The van der Waals surface area contributed by atoms with E-state index in [0.29, 0.717) is 18.4 Å². The summed E-state index contributed by atoms with van der Waals surface area (Å²) in [5, 5.41) is 10.0. The van der Waals surface area contributed by atoms with Crippen LogP contribution in [0.2, 0.25) is 0 Å². The van der Waals surface area contributed by atoms with Crippen LogP contribution in [0.4, 0.5) is 0 Å². The van der Waals surface area contributed by atoms with E-state index < -0.39 is 16.1 Å². The first-order valence-corrected chi connectivity index (χ1v) is 7.59. The summed E-state index contributed by atoms with van der Waals surface area (Å²) in [4.78, 5) is 4.33. The molecule has 0 spiro atoms. The van der Waals surface area contributed by atoms with E-state index in [-0.39, 0.29) is 10.9 Å². The quantitative estimate of drug-likeness (QED) is 0.879. The van der Waals surface area contributed by atoms with Crippen LogP contribution in [-0.2, 0) is 10.0 Å². The van der Waals surface area contributed by atoms with E-state index in [4.69, 9.17) is 0 Å². The number of benzene rings is 1. The molecule has 6 heteroatoms. The Labute approximate surface area is 111 Å². The van der Waals surface area contributed by atoms with Gasteiger partial charge in [-0.25, -0.2) is 13.1 Å². The largest absolute Gasteiger partial charge is 0.393 e. The highest BCUT2D eigenvalue weighted by atomic mass is 32.2. The molecule has 19 heavy (non-hydrogen) atoms. The fourth-order valence-electron chi connectivity index (χ4n) is 2.26. The number of aliphatic hydroxyl groups excluding tert-OH is 1. The first kappa shape index (κ1) is 12.5. The Kier molecular flexibility index (Phi) is 3.00. The van der Waals surface area contributed by atoms with E-state index in [2.05, 4.69) is 9.71 Å². The van der Waals surface area contributed by atoms with Crippen LogP contribution >= 0.6 is 0 Å². The smallest absolute Gasteiger partial charge is 0.242 e. The van der Waals surface area contributed by atoms with Crippen LogP contribution in [0.25, 0.3) is 10.9 Å². The maximum absolute atomic E-state index is 12.3. The van der Waals surface area contributed by atoms with Gasteiger partial charge in [0.1, 0.15) is 4.90 Å². The van der Waals surface area contributed by atoms with Gasteiger partial charge in [0.25, 0.3) is 0 Å². The average Bonchev–Trinajstić information content (AvgIpc) is 2.36. The van der Waals surface area contributed by atoms with Gasteiger partial charge in [-0.05, 0) is 25.0 Å². The van der Waals surface area contributed by atoms with Crippen molar-refractivity contribution in [3.63, 3.8) is 0 Å². The van der Waals surface area contributed by atoms with E-state index in [0.717, 1.165) is 5.39 Å². The van der Waals surface area contributed by atoms with Crippen molar-refractivity contribution in [3.05, 3.63) is 36.5 Å². The molecule has 2 aromatic rings. The Bertz CT molecular complexity index is 703. The Morgan fingerprint density at radius 1 is 1.21 bits per heavy atom. The predicted molar refractivity (Wildman–Crippen MR) is 71.1 cm³/mol. The Hall–Kier alpha value is -1.50. The summed E-state index contributed by atoms with van der Waals surface area (Å²) in [6.07, 6.45) is 2.13. The van der Waals surface area contributed by atoms with Gasteiger partial charge in [-0.1, -0.05) is 18.2 Å². The van der Waals surface area contributed by atoms with Gasteiger partial charge >= 0.3 is 0 Å². The number of aromatic nitrogens is 1. The summed E-state index contributed by atoms with van der Waals surface area (Å²) in [7, 11) is -3.59. The number of fused-ring (bicyclic) bond motifs is 1. The molecular weight excluding hydrogens is 264 g/mol. The normalized spacial score (nSPS) is 23.2. The molecule has 100 valence electrons. The third kappa shape index (κ3) is 2.34. The minimum atomic E-state index is -3.59. The van der Waals surface area contributed by atoms with Crippen LogP contribution in [0, 0.1) is 0 Å². The van der Waals surface area contributed by atoms with Crippen molar-refractivity contribution < 1.29 is 13.5 Å². The number of pyridine rings is 1. The monoisotopic (exact) mass is 278 g/mol. The molecule has 5 nitrogen and oxygen atoms in total. The summed E-state index contributed by atoms with van der Waals surface area (Å²) >= 11 is 0. The first-order valence-electron chi connectivity index (χ1n) is 6.10. The van der Waals surface area contributed by atoms with Crippen molar-refractivity contribution in [2.45, 2.75) is 29.9 Å². The minimum absolute atomic E-state index is 0.182. The number of para-hydroxylation sites is 1. The molecule has 3 rings (SSSR count). The molecule has 1 fully saturated rings. The summed E-state index contributed by atoms with van der Waals surface area (Å²) in [5.74, 6) is 0. The van der Waals surface area contributed by atoms with E-state index in [1.807, 2.05) is 12.1 Å². The van der Waals surface area contributed by atoms with Crippen LogP contribution in [0.15, 0.2) is 41.4 Å². The number of nitrogens with zero attached hydrogens (tertiary/aromatic N) is 1. The van der Waals surface area contributed by atoms with Crippen molar-refractivity contribution >= 4 is 20.9 Å². The molecule has 1 aliphatic rings. The number of hydrogen-bond donors (Lipinski definition) is 2. The van der Waals surface area contributed by atoms with E-state index in [9.17, 15) is 13.5 Å². The zero-order chi connectivity index (χ0) is 13.5. The van der Waals surface area contributed by atoms with Gasteiger partial charge < -0.3 is 5.11 Å². The average molecular weight is 278 g/mol. The highest BCUT2D eigenvalue weighted by Crippen LogP contribution is 2.25. The number of rotatable bonds is 3. The summed E-state index contributed by atoms with van der Waals surface area (Å²) in [5.41, 5.74) is 0.470. The Balaban J connectivity index is 1.99. The molecule has 1 aromatic carbocycles. The summed E-state index contributed by atoms with van der Waals surface area (Å²) in [6.45, 7) is 0. The maximum Gasteiger partial charge on any atom is 0.242 e. The molecule has 0 radical (unpaired) electrons. The minimum Gasteiger partial charge on any atom is -0.393 e. The lowest BCUT2D eigenvalue weighted by Crippen LogP contribution is -2.46. The predicted octanol–water partition coefficient (Wildman–Crippen LogP) is 1.04. The number of sulfonamides is 1. The molecule has 1 heterocycles. The van der Waals surface area contributed by atoms with Crippen LogP contribution < -0.4 is 4.72 Å². The maximum atomic E-state index is 12.3. The highest BCUT2D eigenvalue weighted by Gasteiger charge is 2.31. The second-order valence-corrected chi connectivity index (χ2v) is 6.46. The van der Waals surface area contributed by atoms with Gasteiger partial charge in [0.2, 0.25) is 10.0 Å². The zero-order valence-corrected chi connectivity index (χ0v) is 11.0. The van der Waals surface area contributed by atoms with Gasteiger partial charge in [-0.15, -0.1) is 0 Å². The van der Waals surface area contributed by atoms with E-state index in [1.54, 1.807) is 24.4 Å². The summed E-state index contributed by atoms with van der Waals surface area (Å²) in [6, 6.07) is 8.50. The molecular formula is C13H14N2O3S. The molecule has 0 unspecified atom stereocenters. The number of hydrogen-bond acceptors (Lipinski definition) is 4. The number of aliphatic hydroxyl groups is 1. The lowest BCUT2D eigenvalue weighted by molar-refractivity contribution is 0.0712. The lowest BCUT2D eigenvalue weighted by atomic mass is 9.91. The molecule has 0 aliphatic heterocycles. The standard InChI is InChI=1S/C13H14N2O3S/c16-11-7-10(8-11)15-19(17,18)12-5-1-3-9-4-2-6-14-13(9)12/h1-6,10-11,15-16H,7-8H2. The summed E-state index contributed by atoms with van der Waals surface area (Å²) < 4.78 is 27.3. The molecule has 2 N–H and O–H groups in total. The van der Waals surface area contributed by atoms with Crippen LogP contribution in [0.1, 0.15) is 12.8 Å². The van der Waals surface area contributed by atoms with Crippen LogP contribution in [0.3, 0.4) is 0 Å². The van der Waals surface area contributed by atoms with Gasteiger partial charge in [-0.2, -0.15) is 0 Å². The SMILES string of the molecule is O=S(=O)(NC1CC(O)C1)c1cccc2cccnc12. The van der Waals surface area contributed by atoms with Gasteiger partial charge in [0.05, 0.1) is 11.6 Å². The van der Waals surface area contributed by atoms with Gasteiger partial charge in [0, 0.05) is 17.6 Å². The zero-order valence-electron chi connectivity index (χ0n) is 10.2. The highest BCUT2D eigenvalue weighted by molar-refractivity contribution is 7.89. The third-order valence-corrected chi connectivity index (χ3v) is 4.87. The first-order chi connectivity index (χ1) is 9.06. The lowest BCUT2D eigenvalue weighted by Gasteiger charge is -2.31. The fraction of sp³-hybridized carbons (Fsp3) is 0.308.